The van der Waals surface area contributed by atoms with E-state index in [0.717, 1.165) is 16.9 Å². The van der Waals surface area contributed by atoms with E-state index in [0.29, 0.717) is 30.2 Å². The summed E-state index contributed by atoms with van der Waals surface area (Å²) in [7, 11) is 0. The standard InChI is InChI=1S/C24H18FN3O4/c25-13-3-1-2-12(10-13)24(30)28-21-20-16-11-14(4-6-17(16)32-22(20)21)31-18-8-9-26-23-15(18)5-7-19(29)27-23/h1-4,6,8-11,20-22H,5,7H2,(H,28,30)(H,26,27,29)/t20-,21+,22-/m0/s1. The second kappa shape index (κ2) is 7.05. The average molecular weight is 431 g/mol. The van der Waals surface area contributed by atoms with Gasteiger partial charge in [-0.2, -0.15) is 0 Å². The largest absolute Gasteiger partial charge is 0.487 e. The highest BCUT2D eigenvalue weighted by atomic mass is 19.1. The average Bonchev–Trinajstić information content (AvgIpc) is 3.30. The van der Waals surface area contributed by atoms with Crippen LogP contribution < -0.4 is 20.1 Å². The van der Waals surface area contributed by atoms with Gasteiger partial charge >= 0.3 is 0 Å². The maximum Gasteiger partial charge on any atom is 0.251 e. The lowest BCUT2D eigenvalue weighted by atomic mass is 10.1. The quantitative estimate of drug-likeness (QED) is 0.660. The Morgan fingerprint density at radius 2 is 2.09 bits per heavy atom. The molecule has 1 aliphatic carbocycles. The first-order valence-corrected chi connectivity index (χ1v) is 10.4. The van der Waals surface area contributed by atoms with E-state index in [1.165, 1.54) is 18.2 Å². The van der Waals surface area contributed by atoms with Crippen LogP contribution in [0.2, 0.25) is 0 Å². The molecule has 2 aromatic carbocycles. The van der Waals surface area contributed by atoms with Crippen molar-refractivity contribution < 1.29 is 23.5 Å². The summed E-state index contributed by atoms with van der Waals surface area (Å²) >= 11 is 0. The predicted octanol–water partition coefficient (Wildman–Crippen LogP) is 3.55. The molecule has 7 nitrogen and oxygen atoms in total. The van der Waals surface area contributed by atoms with Gasteiger partial charge in [0.2, 0.25) is 5.91 Å². The number of nitrogens with one attached hydrogen (secondary N) is 2. The molecule has 3 atom stereocenters. The molecule has 160 valence electrons. The number of aromatic nitrogens is 1. The number of nitrogens with zero attached hydrogens (tertiary/aromatic N) is 1. The van der Waals surface area contributed by atoms with Crippen LogP contribution in [-0.2, 0) is 11.2 Å². The molecule has 0 saturated heterocycles. The van der Waals surface area contributed by atoms with Crippen LogP contribution in [0.5, 0.6) is 17.2 Å². The molecule has 0 radical (unpaired) electrons. The fraction of sp³-hybridized carbons (Fsp3) is 0.208. The number of halogens is 1. The Balaban J connectivity index is 1.20. The highest BCUT2D eigenvalue weighted by Crippen LogP contribution is 2.54. The lowest BCUT2D eigenvalue weighted by Gasteiger charge is -2.19. The van der Waals surface area contributed by atoms with E-state index in [1.54, 1.807) is 18.3 Å². The van der Waals surface area contributed by atoms with E-state index in [-0.39, 0.29) is 35.4 Å². The van der Waals surface area contributed by atoms with Gasteiger partial charge in [-0.1, -0.05) is 6.07 Å². The van der Waals surface area contributed by atoms with Gasteiger partial charge in [-0.25, -0.2) is 9.37 Å². The first kappa shape index (κ1) is 18.8. The maximum atomic E-state index is 13.4. The summed E-state index contributed by atoms with van der Waals surface area (Å²) in [6, 6.07) is 12.8. The van der Waals surface area contributed by atoms with Gasteiger partial charge in [0.1, 0.15) is 35.0 Å². The zero-order chi connectivity index (χ0) is 21.8. The van der Waals surface area contributed by atoms with E-state index in [2.05, 4.69) is 15.6 Å². The molecular weight excluding hydrogens is 413 g/mol. The Morgan fingerprint density at radius 1 is 1.19 bits per heavy atom. The summed E-state index contributed by atoms with van der Waals surface area (Å²) in [6.45, 7) is 0. The van der Waals surface area contributed by atoms with Crippen molar-refractivity contribution >= 4 is 17.6 Å². The van der Waals surface area contributed by atoms with Gasteiger partial charge in [-0.05, 0) is 48.9 Å². The molecule has 1 aromatic heterocycles. The molecule has 0 unspecified atom stereocenters. The number of hydrogen-bond acceptors (Lipinski definition) is 5. The molecular formula is C24H18FN3O4. The van der Waals surface area contributed by atoms with Crippen molar-refractivity contribution in [1.82, 2.24) is 10.3 Å². The molecule has 2 aliphatic heterocycles. The number of ether oxygens (including phenoxy) is 2. The van der Waals surface area contributed by atoms with Crippen molar-refractivity contribution in [2.75, 3.05) is 5.32 Å². The first-order valence-electron chi connectivity index (χ1n) is 10.4. The molecule has 0 bridgehead atoms. The second-order valence-corrected chi connectivity index (χ2v) is 8.10. The third-order valence-electron chi connectivity index (χ3n) is 6.04. The highest BCUT2D eigenvalue weighted by Gasteiger charge is 2.59. The minimum atomic E-state index is -0.449. The summed E-state index contributed by atoms with van der Waals surface area (Å²) in [5, 5.41) is 5.70. The Morgan fingerprint density at radius 3 is 2.97 bits per heavy atom. The molecule has 0 spiro atoms. The molecule has 6 rings (SSSR count). The number of pyridine rings is 1. The Labute approximate surface area is 182 Å². The van der Waals surface area contributed by atoms with E-state index < -0.39 is 5.82 Å². The molecule has 3 aromatic rings. The number of hydrogen-bond donors (Lipinski definition) is 2. The van der Waals surface area contributed by atoms with Gasteiger partial charge in [0.25, 0.3) is 5.91 Å². The minimum Gasteiger partial charge on any atom is -0.487 e. The van der Waals surface area contributed by atoms with Crippen molar-refractivity contribution in [2.45, 2.75) is 30.9 Å². The molecule has 2 N–H and O–H groups in total. The number of benzene rings is 2. The van der Waals surface area contributed by atoms with E-state index >= 15 is 0 Å². The van der Waals surface area contributed by atoms with Crippen LogP contribution in [0, 0.1) is 5.82 Å². The topological polar surface area (TPSA) is 89.5 Å². The Bertz CT molecular complexity index is 1280. The summed E-state index contributed by atoms with van der Waals surface area (Å²) in [5.74, 6) is 1.79. The molecule has 8 heteroatoms. The lowest BCUT2D eigenvalue weighted by molar-refractivity contribution is -0.116. The smallest absolute Gasteiger partial charge is 0.251 e. The number of carbonyl (C=O) groups is 2. The van der Waals surface area contributed by atoms with Crippen LogP contribution in [0.1, 0.15) is 33.8 Å². The third-order valence-corrected chi connectivity index (χ3v) is 6.04. The molecule has 1 fully saturated rings. The number of carbonyl (C=O) groups excluding carboxylic acids is 2. The minimum absolute atomic E-state index is 0.0247. The summed E-state index contributed by atoms with van der Waals surface area (Å²) in [5.41, 5.74) is 2.11. The first-order chi connectivity index (χ1) is 15.6. The fourth-order valence-electron chi connectivity index (χ4n) is 4.42. The van der Waals surface area contributed by atoms with Crippen LogP contribution in [0.3, 0.4) is 0 Å². The summed E-state index contributed by atoms with van der Waals surface area (Å²) < 4.78 is 25.5. The number of fused-ring (bicyclic) bond motifs is 4. The lowest BCUT2D eigenvalue weighted by Crippen LogP contribution is -2.30. The normalized spacial score (nSPS) is 22.0. The van der Waals surface area contributed by atoms with Crippen molar-refractivity contribution in [3.05, 3.63) is 77.2 Å². The monoisotopic (exact) mass is 431 g/mol. The maximum absolute atomic E-state index is 13.4. The number of rotatable bonds is 4. The van der Waals surface area contributed by atoms with E-state index in [1.807, 2.05) is 18.2 Å². The van der Waals surface area contributed by atoms with Gasteiger partial charge in [0, 0.05) is 29.3 Å². The van der Waals surface area contributed by atoms with Crippen molar-refractivity contribution in [1.29, 1.82) is 0 Å². The van der Waals surface area contributed by atoms with Crippen LogP contribution in [0.15, 0.2) is 54.7 Å². The Kier molecular flexibility index (Phi) is 4.14. The van der Waals surface area contributed by atoms with Crippen molar-refractivity contribution in [2.24, 2.45) is 0 Å². The van der Waals surface area contributed by atoms with Crippen molar-refractivity contribution in [3.8, 4) is 17.2 Å². The zero-order valence-electron chi connectivity index (χ0n) is 16.8. The van der Waals surface area contributed by atoms with Gasteiger partial charge in [-0.3, -0.25) is 9.59 Å². The van der Waals surface area contributed by atoms with E-state index in [9.17, 15) is 14.0 Å². The number of amides is 2. The van der Waals surface area contributed by atoms with Gasteiger partial charge in [-0.15, -0.1) is 0 Å². The molecule has 2 amide bonds. The highest BCUT2D eigenvalue weighted by molar-refractivity contribution is 5.95. The van der Waals surface area contributed by atoms with Crippen LogP contribution in [0.4, 0.5) is 10.2 Å². The SMILES string of the molecule is O=C1CCc2c(Oc3ccc4c(c3)[C@H]3[C@@H](NC(=O)c5cccc(F)c5)[C@H]3O4)ccnc2N1. The molecule has 3 aliphatic rings. The Hall–Kier alpha value is -3.94. The van der Waals surface area contributed by atoms with E-state index in [4.69, 9.17) is 9.47 Å². The van der Waals surface area contributed by atoms with Crippen molar-refractivity contribution in [3.63, 3.8) is 0 Å². The number of anilines is 1. The van der Waals surface area contributed by atoms with Gasteiger partial charge in [0.15, 0.2) is 0 Å². The zero-order valence-corrected chi connectivity index (χ0v) is 16.8. The molecule has 1 saturated carbocycles. The molecule has 3 heterocycles. The predicted molar refractivity (Wildman–Crippen MR) is 113 cm³/mol. The second-order valence-electron chi connectivity index (χ2n) is 8.10. The molecule has 32 heavy (non-hydrogen) atoms. The summed E-state index contributed by atoms with van der Waals surface area (Å²) in [4.78, 5) is 28.3. The summed E-state index contributed by atoms with van der Waals surface area (Å²) in [6.07, 6.45) is 2.42. The van der Waals surface area contributed by atoms with Crippen LogP contribution >= 0.6 is 0 Å². The van der Waals surface area contributed by atoms with Gasteiger partial charge in [0.05, 0.1) is 12.0 Å². The van der Waals surface area contributed by atoms with Crippen LogP contribution in [0.25, 0.3) is 0 Å². The van der Waals surface area contributed by atoms with Crippen LogP contribution in [-0.4, -0.2) is 28.9 Å². The van der Waals surface area contributed by atoms with Gasteiger partial charge < -0.3 is 20.1 Å². The third kappa shape index (κ3) is 3.15. The fourth-order valence-corrected chi connectivity index (χ4v) is 4.42.